The summed E-state index contributed by atoms with van der Waals surface area (Å²) in [4.78, 5) is 24.4. The Hall–Kier alpha value is -2.88. The molecule has 0 aromatic heterocycles. The first kappa shape index (κ1) is 15.5. The molecule has 0 unspecified atom stereocenters. The number of nitrogens with one attached hydrogen (secondary N) is 1. The number of methoxy groups -OCH3 is 1. The van der Waals surface area contributed by atoms with Crippen molar-refractivity contribution in [1.82, 2.24) is 0 Å². The fourth-order valence-electron chi connectivity index (χ4n) is 1.97. The number of rotatable bonds is 5. The van der Waals surface area contributed by atoms with E-state index in [1.54, 1.807) is 38.4 Å². The van der Waals surface area contributed by atoms with E-state index in [1.807, 2.05) is 24.3 Å². The summed E-state index contributed by atoms with van der Waals surface area (Å²) in [6.45, 7) is 0. The van der Waals surface area contributed by atoms with Gasteiger partial charge in [0.25, 0.3) is 0 Å². The Balaban J connectivity index is 2.27. The number of hydrogen-bond acceptors (Lipinski definition) is 4. The van der Waals surface area contributed by atoms with Gasteiger partial charge in [0.15, 0.2) is 5.78 Å². The molecule has 0 aliphatic rings. The van der Waals surface area contributed by atoms with Gasteiger partial charge in [0, 0.05) is 7.05 Å². The van der Waals surface area contributed by atoms with Crippen LogP contribution in [-0.4, -0.2) is 19.9 Å². The van der Waals surface area contributed by atoms with Crippen LogP contribution in [0.2, 0.25) is 0 Å². The number of hydrogen-bond donors (Lipinski definition) is 1. The fraction of sp³-hybridized carbons (Fsp3) is 0.111. The molecule has 0 spiro atoms. The summed E-state index contributed by atoms with van der Waals surface area (Å²) in [5.41, 5.74) is 1.08. The van der Waals surface area contributed by atoms with E-state index in [-0.39, 0.29) is 16.8 Å². The Morgan fingerprint density at radius 3 is 2.41 bits per heavy atom. The van der Waals surface area contributed by atoms with Gasteiger partial charge in [-0.1, -0.05) is 30.3 Å². The summed E-state index contributed by atoms with van der Waals surface area (Å²) in [6, 6.07) is 13.9. The molecule has 0 heterocycles. The van der Waals surface area contributed by atoms with Gasteiger partial charge in [0.05, 0.1) is 18.4 Å². The minimum atomic E-state index is -0.325. The summed E-state index contributed by atoms with van der Waals surface area (Å²) in [5.74, 6) is 0.424. The second-order valence-corrected chi connectivity index (χ2v) is 4.60. The van der Waals surface area contributed by atoms with Crippen LogP contribution in [0.3, 0.4) is 0 Å². The highest BCUT2D eigenvalue weighted by Crippen LogP contribution is 2.12. The lowest BCUT2D eigenvalue weighted by Crippen LogP contribution is -2.14. The monoisotopic (exact) mass is 295 g/mol. The van der Waals surface area contributed by atoms with Crippen LogP contribution in [0.4, 0.5) is 5.69 Å². The van der Waals surface area contributed by atoms with Gasteiger partial charge in [-0.25, -0.2) is 0 Å². The average Bonchev–Trinajstić information content (AvgIpc) is 2.74. The van der Waals surface area contributed by atoms with E-state index in [0.29, 0.717) is 5.69 Å². The molecule has 0 atom stereocenters. The maximum atomic E-state index is 12.2. The molecular formula is C18H17NO3. The Morgan fingerprint density at radius 2 is 1.77 bits per heavy atom. The number of carbonyl (C=O) groups excluding carboxylic acids is 1. The Morgan fingerprint density at radius 1 is 1.09 bits per heavy atom. The number of ether oxygens (including phenoxy) is 1. The molecule has 4 nitrogen and oxygen atoms in total. The minimum absolute atomic E-state index is 0.138. The number of ketones is 1. The second kappa shape index (κ2) is 7.22. The largest absolute Gasteiger partial charge is 0.497 e. The van der Waals surface area contributed by atoms with E-state index in [0.717, 1.165) is 11.3 Å². The van der Waals surface area contributed by atoms with Crippen molar-refractivity contribution >= 4 is 17.5 Å². The lowest BCUT2D eigenvalue weighted by atomic mass is 10.1. The first-order chi connectivity index (χ1) is 10.7. The summed E-state index contributed by atoms with van der Waals surface area (Å²) in [6.07, 6.45) is 3.07. The van der Waals surface area contributed by atoms with Gasteiger partial charge in [-0.05, 0) is 35.9 Å². The predicted octanol–water partition coefficient (Wildman–Crippen LogP) is 2.99. The van der Waals surface area contributed by atoms with Crippen molar-refractivity contribution in [1.29, 1.82) is 0 Å². The zero-order valence-corrected chi connectivity index (χ0v) is 12.5. The lowest BCUT2D eigenvalue weighted by Gasteiger charge is -1.99. The molecular weight excluding hydrogens is 278 g/mol. The third-order valence-corrected chi connectivity index (χ3v) is 3.20. The van der Waals surface area contributed by atoms with Crippen LogP contribution < -0.4 is 15.5 Å². The highest BCUT2D eigenvalue weighted by atomic mass is 16.5. The molecule has 112 valence electrons. The fourth-order valence-corrected chi connectivity index (χ4v) is 1.97. The number of carbonyl (C=O) groups is 1. The standard InChI is InChI=1S/C18H17NO3/c1-19-16-6-4-3-5-15(18(16)21)17(20)12-9-13-7-10-14(22-2)11-8-13/h3-12H,1-2H3,(H,19,21). The Kier molecular flexibility index (Phi) is 5.09. The Labute approximate surface area is 129 Å². The zero-order valence-electron chi connectivity index (χ0n) is 12.5. The number of benzene rings is 1. The van der Waals surface area contributed by atoms with E-state index in [1.165, 1.54) is 12.1 Å². The third kappa shape index (κ3) is 3.61. The van der Waals surface area contributed by atoms with Crippen molar-refractivity contribution < 1.29 is 9.53 Å². The van der Waals surface area contributed by atoms with Gasteiger partial charge in [-0.3, -0.25) is 9.59 Å². The summed E-state index contributed by atoms with van der Waals surface area (Å²) < 4.78 is 5.08. The van der Waals surface area contributed by atoms with Gasteiger partial charge >= 0.3 is 0 Å². The highest BCUT2D eigenvalue weighted by molar-refractivity contribution is 6.07. The number of allylic oxidation sites excluding steroid dienone is 1. The van der Waals surface area contributed by atoms with E-state index in [2.05, 4.69) is 5.32 Å². The molecule has 2 aromatic carbocycles. The van der Waals surface area contributed by atoms with Crippen molar-refractivity contribution in [2.75, 3.05) is 19.5 Å². The van der Waals surface area contributed by atoms with Crippen molar-refractivity contribution in [2.45, 2.75) is 0 Å². The molecule has 0 radical (unpaired) electrons. The van der Waals surface area contributed by atoms with Crippen LogP contribution in [0.15, 0.2) is 59.4 Å². The van der Waals surface area contributed by atoms with E-state index in [4.69, 9.17) is 4.74 Å². The molecule has 2 aromatic rings. The molecule has 2 rings (SSSR count). The van der Waals surface area contributed by atoms with E-state index >= 15 is 0 Å². The molecule has 0 amide bonds. The normalized spacial score (nSPS) is 10.5. The topological polar surface area (TPSA) is 55.4 Å². The van der Waals surface area contributed by atoms with Crippen molar-refractivity contribution in [2.24, 2.45) is 0 Å². The maximum absolute atomic E-state index is 12.2. The molecule has 0 saturated heterocycles. The van der Waals surface area contributed by atoms with Crippen molar-refractivity contribution in [3.8, 4) is 5.75 Å². The van der Waals surface area contributed by atoms with Crippen LogP contribution in [0.1, 0.15) is 15.9 Å². The quantitative estimate of drug-likeness (QED) is 0.680. The van der Waals surface area contributed by atoms with Crippen LogP contribution in [0, 0.1) is 0 Å². The Bertz CT molecular complexity index is 749. The van der Waals surface area contributed by atoms with Crippen molar-refractivity contribution in [3.63, 3.8) is 0 Å². The van der Waals surface area contributed by atoms with Gasteiger partial charge in [-0.2, -0.15) is 0 Å². The van der Waals surface area contributed by atoms with Crippen LogP contribution in [0.5, 0.6) is 5.75 Å². The zero-order chi connectivity index (χ0) is 15.9. The third-order valence-electron chi connectivity index (χ3n) is 3.20. The van der Waals surface area contributed by atoms with Crippen LogP contribution in [0.25, 0.3) is 6.08 Å². The van der Waals surface area contributed by atoms with Gasteiger partial charge in [-0.15, -0.1) is 0 Å². The maximum Gasteiger partial charge on any atom is 0.212 e. The SMILES string of the molecule is CNc1ccccc(C(=O)C=Cc2ccc(OC)cc2)c1=O. The van der Waals surface area contributed by atoms with E-state index < -0.39 is 0 Å². The first-order valence-corrected chi connectivity index (χ1v) is 6.83. The summed E-state index contributed by atoms with van der Waals surface area (Å²) in [7, 11) is 3.25. The smallest absolute Gasteiger partial charge is 0.212 e. The lowest BCUT2D eigenvalue weighted by molar-refractivity contribution is 0.104. The van der Waals surface area contributed by atoms with Gasteiger partial charge in [0.2, 0.25) is 5.43 Å². The molecule has 0 aliphatic carbocycles. The minimum Gasteiger partial charge on any atom is -0.497 e. The van der Waals surface area contributed by atoms with Crippen molar-refractivity contribution in [3.05, 3.63) is 76.0 Å². The molecule has 22 heavy (non-hydrogen) atoms. The first-order valence-electron chi connectivity index (χ1n) is 6.83. The summed E-state index contributed by atoms with van der Waals surface area (Å²) >= 11 is 0. The predicted molar refractivity (Wildman–Crippen MR) is 88.6 cm³/mol. The van der Waals surface area contributed by atoms with E-state index in [9.17, 15) is 9.59 Å². The van der Waals surface area contributed by atoms with Crippen LogP contribution >= 0.6 is 0 Å². The molecule has 4 heteroatoms. The number of anilines is 1. The molecule has 1 N–H and O–H groups in total. The molecule has 0 bridgehead atoms. The van der Waals surface area contributed by atoms with Crippen LogP contribution in [-0.2, 0) is 0 Å². The second-order valence-electron chi connectivity index (χ2n) is 4.60. The molecule has 0 saturated carbocycles. The van der Waals surface area contributed by atoms with Gasteiger partial charge in [0.1, 0.15) is 5.75 Å². The molecule has 0 aliphatic heterocycles. The van der Waals surface area contributed by atoms with Gasteiger partial charge < -0.3 is 10.1 Å². The molecule has 0 fully saturated rings. The highest BCUT2D eigenvalue weighted by Gasteiger charge is 2.08. The summed E-state index contributed by atoms with van der Waals surface area (Å²) in [5, 5.41) is 2.79. The average molecular weight is 295 g/mol.